The highest BCUT2D eigenvalue weighted by molar-refractivity contribution is 5.74. The second-order valence-corrected chi connectivity index (χ2v) is 6.27. The van der Waals surface area contributed by atoms with Crippen LogP contribution in [-0.4, -0.2) is 6.29 Å². The minimum Gasteiger partial charge on any atom is -0.298 e. The number of hydrogen-bond donors (Lipinski definition) is 0. The molecule has 5 heteroatoms. The van der Waals surface area contributed by atoms with Crippen molar-refractivity contribution in [2.75, 3.05) is 0 Å². The average molecular weight is 368 g/mol. The van der Waals surface area contributed by atoms with Crippen molar-refractivity contribution in [1.82, 2.24) is 0 Å². The maximum atomic E-state index is 13.1. The number of alkyl halides is 4. The fourth-order valence-corrected chi connectivity index (χ4v) is 2.29. The van der Waals surface area contributed by atoms with Crippen LogP contribution in [-0.2, 0) is 24.7 Å². The van der Waals surface area contributed by atoms with Gasteiger partial charge in [0.25, 0.3) is 11.8 Å². The van der Waals surface area contributed by atoms with Gasteiger partial charge in [0.1, 0.15) is 6.29 Å². The van der Waals surface area contributed by atoms with Crippen LogP contribution in [0.2, 0.25) is 0 Å². The fraction of sp³-hybridized carbons (Fsp3) is 0.381. The highest BCUT2D eigenvalue weighted by Crippen LogP contribution is 2.34. The Hall–Kier alpha value is -2.17. The van der Waals surface area contributed by atoms with E-state index in [-0.39, 0.29) is 11.1 Å². The predicted octanol–water partition coefficient (Wildman–Crippen LogP) is 6.53. The molecule has 0 unspecified atom stereocenters. The van der Waals surface area contributed by atoms with E-state index in [2.05, 4.69) is 6.92 Å². The van der Waals surface area contributed by atoms with Crippen LogP contribution in [0.4, 0.5) is 17.6 Å². The molecule has 2 aromatic carbocycles. The minimum absolute atomic E-state index is 0.358. The zero-order valence-electron chi connectivity index (χ0n) is 15.5. The molecule has 0 saturated heterocycles. The molecule has 0 saturated carbocycles. The van der Waals surface area contributed by atoms with Gasteiger partial charge in [-0.3, -0.25) is 4.79 Å². The number of aldehydes is 1. The molecule has 0 bridgehead atoms. The molecular formula is C21H24F4O. The van der Waals surface area contributed by atoms with Crippen LogP contribution in [0.1, 0.15) is 60.3 Å². The molecule has 2 aromatic rings. The van der Waals surface area contributed by atoms with Crippen molar-refractivity contribution in [3.63, 3.8) is 0 Å². The summed E-state index contributed by atoms with van der Waals surface area (Å²) in [6.07, 6.45) is 2.31. The quantitative estimate of drug-likeness (QED) is 0.433. The topological polar surface area (TPSA) is 17.1 Å². The normalized spacial score (nSPS) is 11.5. The molecule has 0 aliphatic rings. The van der Waals surface area contributed by atoms with Gasteiger partial charge in [-0.1, -0.05) is 32.0 Å². The molecule has 1 nitrogen and oxygen atoms in total. The molecular weight excluding hydrogens is 344 g/mol. The SMILES string of the molecule is CCc1cc(C(C)(F)F)cc(C(C)(F)F)c1.CCc1cccc(C=O)c1. The van der Waals surface area contributed by atoms with Gasteiger partial charge in [-0.05, 0) is 48.2 Å². The van der Waals surface area contributed by atoms with Gasteiger partial charge >= 0.3 is 0 Å². The zero-order chi connectivity index (χ0) is 20.0. The van der Waals surface area contributed by atoms with Gasteiger partial charge in [-0.25, -0.2) is 17.6 Å². The molecule has 0 aliphatic heterocycles. The predicted molar refractivity (Wildman–Crippen MR) is 96.2 cm³/mol. The Bertz CT molecular complexity index is 695. The molecule has 0 heterocycles. The highest BCUT2D eigenvalue weighted by atomic mass is 19.3. The van der Waals surface area contributed by atoms with E-state index in [1.165, 1.54) is 17.7 Å². The van der Waals surface area contributed by atoms with Crippen molar-refractivity contribution in [3.8, 4) is 0 Å². The number of carbonyl (C=O) groups is 1. The molecule has 26 heavy (non-hydrogen) atoms. The lowest BCUT2D eigenvalue weighted by atomic mass is 9.98. The molecule has 0 aromatic heterocycles. The van der Waals surface area contributed by atoms with Crippen LogP contribution in [0.3, 0.4) is 0 Å². The third-order valence-electron chi connectivity index (χ3n) is 3.91. The lowest BCUT2D eigenvalue weighted by Crippen LogP contribution is -2.13. The first-order chi connectivity index (χ1) is 12.0. The maximum Gasteiger partial charge on any atom is 0.270 e. The van der Waals surface area contributed by atoms with E-state index in [1.807, 2.05) is 24.3 Å². The van der Waals surface area contributed by atoms with Gasteiger partial charge in [-0.2, -0.15) is 0 Å². The lowest BCUT2D eigenvalue weighted by molar-refractivity contribution is 0.0104. The van der Waals surface area contributed by atoms with E-state index in [0.29, 0.717) is 25.8 Å². The van der Waals surface area contributed by atoms with E-state index in [1.54, 1.807) is 6.92 Å². The first-order valence-corrected chi connectivity index (χ1v) is 8.46. The Morgan fingerprint density at radius 2 is 1.31 bits per heavy atom. The van der Waals surface area contributed by atoms with Gasteiger partial charge in [0.15, 0.2) is 0 Å². The van der Waals surface area contributed by atoms with Crippen LogP contribution in [0.25, 0.3) is 0 Å². The molecule has 0 N–H and O–H groups in total. The van der Waals surface area contributed by atoms with Crippen molar-refractivity contribution in [2.24, 2.45) is 0 Å². The zero-order valence-corrected chi connectivity index (χ0v) is 15.5. The summed E-state index contributed by atoms with van der Waals surface area (Å²) >= 11 is 0. The molecule has 0 amide bonds. The summed E-state index contributed by atoms with van der Waals surface area (Å²) in [6.45, 7) is 5.23. The van der Waals surface area contributed by atoms with E-state index >= 15 is 0 Å². The minimum atomic E-state index is -3.09. The summed E-state index contributed by atoms with van der Waals surface area (Å²) in [4.78, 5) is 10.3. The molecule has 0 spiro atoms. The van der Waals surface area contributed by atoms with Gasteiger partial charge < -0.3 is 0 Å². The molecule has 0 aliphatic carbocycles. The summed E-state index contributed by atoms with van der Waals surface area (Å²) < 4.78 is 52.4. The molecule has 0 atom stereocenters. The van der Waals surface area contributed by atoms with Crippen molar-refractivity contribution in [1.29, 1.82) is 0 Å². The van der Waals surface area contributed by atoms with Crippen LogP contribution in [0.5, 0.6) is 0 Å². The third kappa shape index (κ3) is 6.62. The standard InChI is InChI=1S/C12H14F4.C9H10O/c1-4-8-5-9(11(2,13)14)7-10(6-8)12(3,15)16;1-2-8-4-3-5-9(6-8)7-10/h5-7H,4H2,1-3H3;3-7H,2H2,1H3. The van der Waals surface area contributed by atoms with Gasteiger partial charge in [-0.15, -0.1) is 0 Å². The van der Waals surface area contributed by atoms with Crippen LogP contribution >= 0.6 is 0 Å². The monoisotopic (exact) mass is 368 g/mol. The van der Waals surface area contributed by atoms with Gasteiger partial charge in [0.05, 0.1) is 0 Å². The van der Waals surface area contributed by atoms with Crippen molar-refractivity contribution in [2.45, 2.75) is 52.4 Å². The van der Waals surface area contributed by atoms with E-state index in [9.17, 15) is 22.4 Å². The summed E-state index contributed by atoms with van der Waals surface area (Å²) in [7, 11) is 0. The number of aryl methyl sites for hydroxylation is 2. The molecule has 0 fully saturated rings. The first-order valence-electron chi connectivity index (χ1n) is 8.46. The number of carbonyl (C=O) groups excluding carboxylic acids is 1. The number of rotatable bonds is 5. The first kappa shape index (κ1) is 21.9. The Balaban J connectivity index is 0.000000289. The molecule has 142 valence electrons. The lowest BCUT2D eigenvalue weighted by Gasteiger charge is -2.17. The number of halogens is 4. The van der Waals surface area contributed by atoms with Crippen LogP contribution < -0.4 is 0 Å². The Morgan fingerprint density at radius 3 is 1.69 bits per heavy atom. The van der Waals surface area contributed by atoms with Crippen LogP contribution in [0.15, 0.2) is 42.5 Å². The molecule has 2 rings (SSSR count). The van der Waals surface area contributed by atoms with Crippen LogP contribution in [0, 0.1) is 0 Å². The third-order valence-corrected chi connectivity index (χ3v) is 3.91. The highest BCUT2D eigenvalue weighted by Gasteiger charge is 2.30. The van der Waals surface area contributed by atoms with Gasteiger partial charge in [0.2, 0.25) is 0 Å². The average Bonchev–Trinajstić information content (AvgIpc) is 2.60. The Kier molecular flexibility index (Phi) is 7.54. The second-order valence-electron chi connectivity index (χ2n) is 6.27. The largest absolute Gasteiger partial charge is 0.298 e. The molecule has 0 radical (unpaired) electrons. The van der Waals surface area contributed by atoms with E-state index < -0.39 is 11.8 Å². The van der Waals surface area contributed by atoms with Gasteiger partial charge in [0, 0.05) is 30.5 Å². The van der Waals surface area contributed by atoms with E-state index in [0.717, 1.165) is 24.3 Å². The Labute approximate surface area is 152 Å². The fourth-order valence-electron chi connectivity index (χ4n) is 2.29. The maximum absolute atomic E-state index is 13.1. The Morgan fingerprint density at radius 1 is 0.808 bits per heavy atom. The van der Waals surface area contributed by atoms with Crippen molar-refractivity contribution < 1.29 is 22.4 Å². The van der Waals surface area contributed by atoms with Crippen molar-refractivity contribution >= 4 is 6.29 Å². The number of hydrogen-bond acceptors (Lipinski definition) is 1. The number of benzene rings is 2. The second kappa shape index (κ2) is 8.97. The van der Waals surface area contributed by atoms with E-state index in [4.69, 9.17) is 0 Å². The summed E-state index contributed by atoms with van der Waals surface area (Å²) in [5.74, 6) is -6.18. The smallest absolute Gasteiger partial charge is 0.270 e. The van der Waals surface area contributed by atoms with Crippen molar-refractivity contribution in [3.05, 3.63) is 70.3 Å². The summed E-state index contributed by atoms with van der Waals surface area (Å²) in [5.41, 5.74) is 1.76. The summed E-state index contributed by atoms with van der Waals surface area (Å²) in [6, 6.07) is 11.1. The summed E-state index contributed by atoms with van der Waals surface area (Å²) in [5, 5.41) is 0.